The Hall–Kier alpha value is -1.29. The fourth-order valence-electron chi connectivity index (χ4n) is 2.09. The molecule has 1 aliphatic rings. The van der Waals surface area contributed by atoms with E-state index in [1.54, 1.807) is 23.9 Å². The zero-order valence-corrected chi connectivity index (χ0v) is 10.7. The van der Waals surface area contributed by atoms with Crippen molar-refractivity contribution >= 4 is 17.7 Å². The van der Waals surface area contributed by atoms with Crippen LogP contribution in [-0.2, 0) is 4.79 Å². The van der Waals surface area contributed by atoms with Crippen molar-refractivity contribution in [1.29, 1.82) is 0 Å². The topological polar surface area (TPSA) is 37.3 Å². The summed E-state index contributed by atoms with van der Waals surface area (Å²) in [5.74, 6) is -0.342. The molecule has 1 aliphatic carbocycles. The zero-order chi connectivity index (χ0) is 13.0. The standard InChI is InChI=1S/C14H15FO2S/c15-11-5-7-12(8-6-11)18-9-10-3-1-2-4-13(10)14(16)17/h1-2,5-8,10,13H,3-4,9H2,(H,16,17). The van der Waals surface area contributed by atoms with Crippen LogP contribution in [0.5, 0.6) is 0 Å². The predicted molar refractivity (Wildman–Crippen MR) is 70.1 cm³/mol. The third kappa shape index (κ3) is 3.35. The Labute approximate surface area is 110 Å². The molecule has 1 aromatic carbocycles. The van der Waals surface area contributed by atoms with Crippen molar-refractivity contribution in [2.24, 2.45) is 11.8 Å². The molecule has 0 spiro atoms. The minimum Gasteiger partial charge on any atom is -0.481 e. The SMILES string of the molecule is O=C(O)C1CC=CCC1CSc1ccc(F)cc1. The molecule has 0 amide bonds. The van der Waals surface area contributed by atoms with E-state index in [9.17, 15) is 9.18 Å². The third-order valence-corrected chi connectivity index (χ3v) is 4.36. The quantitative estimate of drug-likeness (QED) is 0.668. The molecule has 0 fully saturated rings. The number of allylic oxidation sites excluding steroid dienone is 2. The van der Waals surface area contributed by atoms with Gasteiger partial charge in [-0.05, 0) is 43.0 Å². The maximum atomic E-state index is 12.8. The predicted octanol–water partition coefficient (Wildman–Crippen LogP) is 3.58. The van der Waals surface area contributed by atoms with Gasteiger partial charge in [-0.25, -0.2) is 4.39 Å². The molecule has 0 heterocycles. The molecule has 2 unspecified atom stereocenters. The van der Waals surface area contributed by atoms with E-state index < -0.39 is 5.97 Å². The summed E-state index contributed by atoms with van der Waals surface area (Å²) < 4.78 is 12.8. The molecule has 18 heavy (non-hydrogen) atoms. The lowest BCUT2D eigenvalue weighted by molar-refractivity contribution is -0.143. The van der Waals surface area contributed by atoms with Crippen molar-refractivity contribution < 1.29 is 14.3 Å². The highest BCUT2D eigenvalue weighted by molar-refractivity contribution is 7.99. The van der Waals surface area contributed by atoms with E-state index in [1.807, 2.05) is 6.08 Å². The van der Waals surface area contributed by atoms with Gasteiger partial charge in [-0.15, -0.1) is 11.8 Å². The number of benzene rings is 1. The number of carboxylic acid groups (broad SMARTS) is 1. The minimum absolute atomic E-state index is 0.155. The first kappa shape index (κ1) is 13.1. The van der Waals surface area contributed by atoms with Crippen LogP contribution in [0.2, 0.25) is 0 Å². The van der Waals surface area contributed by atoms with Gasteiger partial charge in [0.15, 0.2) is 0 Å². The largest absolute Gasteiger partial charge is 0.481 e. The normalized spacial score (nSPS) is 22.9. The van der Waals surface area contributed by atoms with Gasteiger partial charge in [-0.3, -0.25) is 4.79 Å². The van der Waals surface area contributed by atoms with Crippen molar-refractivity contribution in [1.82, 2.24) is 0 Å². The lowest BCUT2D eigenvalue weighted by Gasteiger charge is -2.24. The number of rotatable bonds is 4. The van der Waals surface area contributed by atoms with Gasteiger partial charge in [0.2, 0.25) is 0 Å². The Kier molecular flexibility index (Phi) is 4.42. The molecule has 4 heteroatoms. The van der Waals surface area contributed by atoms with Crippen LogP contribution in [0.4, 0.5) is 4.39 Å². The number of carbonyl (C=O) groups is 1. The highest BCUT2D eigenvalue weighted by Crippen LogP contribution is 2.31. The van der Waals surface area contributed by atoms with Gasteiger partial charge in [0.1, 0.15) is 5.82 Å². The summed E-state index contributed by atoms with van der Waals surface area (Å²) >= 11 is 1.59. The Morgan fingerprint density at radius 3 is 2.61 bits per heavy atom. The molecule has 2 rings (SSSR count). The second kappa shape index (κ2) is 6.05. The van der Waals surface area contributed by atoms with Gasteiger partial charge in [0.05, 0.1) is 5.92 Å². The average Bonchev–Trinajstić information content (AvgIpc) is 2.38. The maximum absolute atomic E-state index is 12.8. The fraction of sp³-hybridized carbons (Fsp3) is 0.357. The molecule has 0 saturated carbocycles. The zero-order valence-electron chi connectivity index (χ0n) is 9.88. The summed E-state index contributed by atoms with van der Waals surface area (Å²) in [7, 11) is 0. The molecule has 2 nitrogen and oxygen atoms in total. The van der Waals surface area contributed by atoms with E-state index in [2.05, 4.69) is 6.08 Å². The summed E-state index contributed by atoms with van der Waals surface area (Å²) in [6.45, 7) is 0. The Morgan fingerprint density at radius 2 is 1.94 bits per heavy atom. The van der Waals surface area contributed by atoms with E-state index in [0.29, 0.717) is 6.42 Å². The van der Waals surface area contributed by atoms with E-state index in [1.165, 1.54) is 12.1 Å². The highest BCUT2D eigenvalue weighted by Gasteiger charge is 2.28. The second-order valence-corrected chi connectivity index (χ2v) is 5.51. The first-order valence-corrected chi connectivity index (χ1v) is 6.91. The number of thioether (sulfide) groups is 1. The monoisotopic (exact) mass is 266 g/mol. The summed E-state index contributed by atoms with van der Waals surface area (Å²) in [4.78, 5) is 12.1. The lowest BCUT2D eigenvalue weighted by Crippen LogP contribution is -2.26. The lowest BCUT2D eigenvalue weighted by atomic mass is 9.84. The van der Waals surface area contributed by atoms with Crippen molar-refractivity contribution in [2.45, 2.75) is 17.7 Å². The summed E-state index contributed by atoms with van der Waals surface area (Å²) in [5.41, 5.74) is 0. The van der Waals surface area contributed by atoms with Gasteiger partial charge in [0, 0.05) is 10.6 Å². The van der Waals surface area contributed by atoms with Crippen LogP contribution >= 0.6 is 11.8 Å². The van der Waals surface area contributed by atoms with Crippen LogP contribution in [0.3, 0.4) is 0 Å². The van der Waals surface area contributed by atoms with Crippen LogP contribution in [0.15, 0.2) is 41.3 Å². The Morgan fingerprint density at radius 1 is 1.28 bits per heavy atom. The Bertz CT molecular complexity index is 442. The number of halogens is 1. The van der Waals surface area contributed by atoms with Gasteiger partial charge < -0.3 is 5.11 Å². The molecule has 1 N–H and O–H groups in total. The number of carboxylic acids is 1. The van der Waals surface area contributed by atoms with Gasteiger partial charge in [0.25, 0.3) is 0 Å². The van der Waals surface area contributed by atoms with Crippen LogP contribution < -0.4 is 0 Å². The molecule has 2 atom stereocenters. The maximum Gasteiger partial charge on any atom is 0.307 e. The number of aliphatic carboxylic acids is 1. The first-order chi connectivity index (χ1) is 8.66. The molecular formula is C14H15FO2S. The average molecular weight is 266 g/mol. The van der Waals surface area contributed by atoms with Gasteiger partial charge >= 0.3 is 5.97 Å². The van der Waals surface area contributed by atoms with Crippen molar-refractivity contribution in [2.75, 3.05) is 5.75 Å². The molecule has 0 aliphatic heterocycles. The fourth-order valence-corrected chi connectivity index (χ4v) is 3.19. The van der Waals surface area contributed by atoms with Crippen LogP contribution in [0.1, 0.15) is 12.8 Å². The van der Waals surface area contributed by atoms with Crippen molar-refractivity contribution in [3.05, 3.63) is 42.2 Å². The smallest absolute Gasteiger partial charge is 0.307 e. The number of hydrogen-bond acceptors (Lipinski definition) is 2. The van der Waals surface area contributed by atoms with Crippen LogP contribution in [0.25, 0.3) is 0 Å². The molecule has 1 aromatic rings. The molecule has 0 aromatic heterocycles. The van der Waals surface area contributed by atoms with E-state index in [0.717, 1.165) is 17.1 Å². The van der Waals surface area contributed by atoms with E-state index in [-0.39, 0.29) is 17.7 Å². The van der Waals surface area contributed by atoms with Crippen LogP contribution in [0, 0.1) is 17.7 Å². The first-order valence-electron chi connectivity index (χ1n) is 5.93. The summed E-state index contributed by atoms with van der Waals surface area (Å²) in [5, 5.41) is 9.15. The minimum atomic E-state index is -0.718. The van der Waals surface area contributed by atoms with Crippen molar-refractivity contribution in [3.63, 3.8) is 0 Å². The number of hydrogen-bond donors (Lipinski definition) is 1. The third-order valence-electron chi connectivity index (χ3n) is 3.16. The van der Waals surface area contributed by atoms with Gasteiger partial charge in [-0.1, -0.05) is 12.2 Å². The molecule has 96 valence electrons. The van der Waals surface area contributed by atoms with E-state index >= 15 is 0 Å². The molecule has 0 radical (unpaired) electrons. The highest BCUT2D eigenvalue weighted by atomic mass is 32.2. The van der Waals surface area contributed by atoms with Crippen LogP contribution in [-0.4, -0.2) is 16.8 Å². The summed E-state index contributed by atoms with van der Waals surface area (Å²) in [6.07, 6.45) is 5.42. The van der Waals surface area contributed by atoms with Gasteiger partial charge in [-0.2, -0.15) is 0 Å². The van der Waals surface area contributed by atoms with E-state index in [4.69, 9.17) is 5.11 Å². The molecule has 0 bridgehead atoms. The Balaban J connectivity index is 1.94. The second-order valence-electron chi connectivity index (χ2n) is 4.41. The van der Waals surface area contributed by atoms with Crippen molar-refractivity contribution in [3.8, 4) is 0 Å². The molecular weight excluding hydrogens is 251 g/mol. The molecule has 0 saturated heterocycles. The summed E-state index contributed by atoms with van der Waals surface area (Å²) in [6, 6.07) is 6.32.